The van der Waals surface area contributed by atoms with Crippen molar-refractivity contribution in [1.29, 1.82) is 0 Å². The van der Waals surface area contributed by atoms with Crippen LogP contribution in [0, 0.1) is 20.8 Å². The number of hydrogen-bond acceptors (Lipinski definition) is 2. The molecule has 0 radical (unpaired) electrons. The summed E-state index contributed by atoms with van der Waals surface area (Å²) < 4.78 is 1.98. The van der Waals surface area contributed by atoms with E-state index in [-0.39, 0.29) is 18.3 Å². The number of hydrogen-bond donors (Lipinski definition) is 1. The zero-order valence-corrected chi connectivity index (χ0v) is 12.5. The van der Waals surface area contributed by atoms with Crippen molar-refractivity contribution in [2.45, 2.75) is 33.6 Å². The van der Waals surface area contributed by atoms with Crippen molar-refractivity contribution in [2.75, 3.05) is 0 Å². The van der Waals surface area contributed by atoms with Crippen molar-refractivity contribution in [3.63, 3.8) is 0 Å². The van der Waals surface area contributed by atoms with Crippen LogP contribution in [0.15, 0.2) is 35.3 Å². The van der Waals surface area contributed by atoms with E-state index in [0.29, 0.717) is 5.56 Å². The van der Waals surface area contributed by atoms with E-state index in [2.05, 4.69) is 0 Å². The first-order valence-electron chi connectivity index (χ1n) is 6.90. The minimum atomic E-state index is -0.895. The van der Waals surface area contributed by atoms with Crippen molar-refractivity contribution in [2.24, 2.45) is 0 Å². The molecule has 2 rings (SSSR count). The third-order valence-electron chi connectivity index (χ3n) is 3.61. The quantitative estimate of drug-likeness (QED) is 0.939. The molecule has 0 amide bonds. The van der Waals surface area contributed by atoms with Crippen LogP contribution < -0.4 is 5.43 Å². The maximum Gasteiger partial charge on any atom is 0.303 e. The number of carboxylic acids is 1. The molecule has 0 unspecified atom stereocenters. The number of aryl methyl sites for hydroxylation is 4. The number of pyridine rings is 1. The van der Waals surface area contributed by atoms with Crippen LogP contribution in [-0.4, -0.2) is 15.6 Å². The molecule has 0 fully saturated rings. The van der Waals surface area contributed by atoms with Gasteiger partial charge in [0.1, 0.15) is 0 Å². The van der Waals surface area contributed by atoms with Gasteiger partial charge in [-0.1, -0.05) is 18.2 Å². The molecule has 4 heteroatoms. The Morgan fingerprint density at radius 3 is 2.38 bits per heavy atom. The SMILES string of the molecule is Cc1cccc(C)c1-n1cc(CCC(=O)O)c(=O)cc1C. The van der Waals surface area contributed by atoms with Gasteiger partial charge in [-0.05, 0) is 38.3 Å². The molecule has 0 aliphatic carbocycles. The van der Waals surface area contributed by atoms with Crippen LogP contribution in [0.1, 0.15) is 28.8 Å². The Labute approximate surface area is 123 Å². The molecule has 4 nitrogen and oxygen atoms in total. The first-order valence-corrected chi connectivity index (χ1v) is 6.90. The van der Waals surface area contributed by atoms with E-state index in [1.807, 2.05) is 43.5 Å². The lowest BCUT2D eigenvalue weighted by atomic mass is 10.1. The zero-order chi connectivity index (χ0) is 15.6. The number of carboxylic acid groups (broad SMARTS) is 1. The van der Waals surface area contributed by atoms with Crippen molar-refractivity contribution in [3.8, 4) is 5.69 Å². The predicted octanol–water partition coefficient (Wildman–Crippen LogP) is 2.78. The van der Waals surface area contributed by atoms with Crippen LogP contribution in [0.5, 0.6) is 0 Å². The predicted molar refractivity (Wildman–Crippen MR) is 82.2 cm³/mol. The van der Waals surface area contributed by atoms with Crippen LogP contribution >= 0.6 is 0 Å². The molecule has 0 atom stereocenters. The van der Waals surface area contributed by atoms with Gasteiger partial charge < -0.3 is 9.67 Å². The smallest absolute Gasteiger partial charge is 0.303 e. The van der Waals surface area contributed by atoms with Crippen LogP contribution in [0.25, 0.3) is 5.69 Å². The number of para-hydroxylation sites is 1. The Kier molecular flexibility index (Phi) is 4.26. The summed E-state index contributed by atoms with van der Waals surface area (Å²) in [5, 5.41) is 8.79. The molecule has 1 aromatic heterocycles. The molecule has 21 heavy (non-hydrogen) atoms. The molecule has 1 aromatic carbocycles. The molecule has 0 spiro atoms. The van der Waals surface area contributed by atoms with Crippen molar-refractivity contribution in [1.82, 2.24) is 4.57 Å². The number of benzene rings is 1. The third-order valence-corrected chi connectivity index (χ3v) is 3.61. The second-order valence-corrected chi connectivity index (χ2v) is 5.31. The average Bonchev–Trinajstić information content (AvgIpc) is 2.39. The topological polar surface area (TPSA) is 59.3 Å². The van der Waals surface area contributed by atoms with Gasteiger partial charge in [-0.2, -0.15) is 0 Å². The largest absolute Gasteiger partial charge is 0.481 e. The molecule has 0 aliphatic rings. The van der Waals surface area contributed by atoms with Gasteiger partial charge in [0.2, 0.25) is 0 Å². The fraction of sp³-hybridized carbons (Fsp3) is 0.294. The zero-order valence-electron chi connectivity index (χ0n) is 12.5. The fourth-order valence-corrected chi connectivity index (χ4v) is 2.53. The molecular formula is C17H19NO3. The van der Waals surface area contributed by atoms with Gasteiger partial charge in [-0.3, -0.25) is 9.59 Å². The normalized spacial score (nSPS) is 10.6. The molecule has 0 bridgehead atoms. The third kappa shape index (κ3) is 3.21. The van der Waals surface area contributed by atoms with Gasteiger partial charge in [0.25, 0.3) is 0 Å². The minimum Gasteiger partial charge on any atom is -0.481 e. The van der Waals surface area contributed by atoms with Gasteiger partial charge in [-0.25, -0.2) is 0 Å². The van der Waals surface area contributed by atoms with Gasteiger partial charge >= 0.3 is 5.97 Å². The van der Waals surface area contributed by atoms with Crippen LogP contribution in [0.3, 0.4) is 0 Å². The number of rotatable bonds is 4. The lowest BCUT2D eigenvalue weighted by Gasteiger charge is -2.17. The molecule has 0 saturated carbocycles. The molecule has 1 heterocycles. The highest BCUT2D eigenvalue weighted by Crippen LogP contribution is 2.20. The van der Waals surface area contributed by atoms with E-state index in [1.54, 1.807) is 12.3 Å². The maximum atomic E-state index is 12.0. The number of carbonyl (C=O) groups is 1. The maximum absolute atomic E-state index is 12.0. The van der Waals surface area contributed by atoms with Gasteiger partial charge in [0.05, 0.1) is 5.69 Å². The minimum absolute atomic E-state index is 0.0367. The van der Waals surface area contributed by atoms with Crippen molar-refractivity contribution >= 4 is 5.97 Å². The van der Waals surface area contributed by atoms with Crippen molar-refractivity contribution in [3.05, 3.63) is 63.1 Å². The fourth-order valence-electron chi connectivity index (χ4n) is 2.53. The monoisotopic (exact) mass is 285 g/mol. The van der Waals surface area contributed by atoms with E-state index in [9.17, 15) is 9.59 Å². The van der Waals surface area contributed by atoms with Crippen LogP contribution in [0.4, 0.5) is 0 Å². The number of nitrogens with zero attached hydrogens (tertiary/aromatic N) is 1. The average molecular weight is 285 g/mol. The Hall–Kier alpha value is -2.36. The second-order valence-electron chi connectivity index (χ2n) is 5.31. The Morgan fingerprint density at radius 2 is 1.81 bits per heavy atom. The second kappa shape index (κ2) is 5.95. The van der Waals surface area contributed by atoms with Gasteiger partial charge in [0, 0.05) is 29.9 Å². The summed E-state index contributed by atoms with van der Waals surface area (Å²) in [6.45, 7) is 5.93. The highest BCUT2D eigenvalue weighted by atomic mass is 16.4. The highest BCUT2D eigenvalue weighted by Gasteiger charge is 2.10. The molecule has 110 valence electrons. The lowest BCUT2D eigenvalue weighted by Crippen LogP contribution is -2.16. The van der Waals surface area contributed by atoms with E-state index in [4.69, 9.17) is 5.11 Å². The summed E-state index contributed by atoms with van der Waals surface area (Å²) in [4.78, 5) is 22.7. The molecule has 0 aliphatic heterocycles. The highest BCUT2D eigenvalue weighted by molar-refractivity contribution is 5.67. The Balaban J connectivity index is 2.56. The van der Waals surface area contributed by atoms with Crippen LogP contribution in [0.2, 0.25) is 0 Å². The van der Waals surface area contributed by atoms with Crippen LogP contribution in [-0.2, 0) is 11.2 Å². The molecule has 1 N–H and O–H groups in total. The Bertz CT molecular complexity index is 724. The summed E-state index contributed by atoms with van der Waals surface area (Å²) in [5.74, 6) is -0.895. The molecule has 0 saturated heterocycles. The summed E-state index contributed by atoms with van der Waals surface area (Å²) in [6, 6.07) is 7.62. The number of aromatic nitrogens is 1. The van der Waals surface area contributed by atoms with E-state index >= 15 is 0 Å². The van der Waals surface area contributed by atoms with Crippen molar-refractivity contribution < 1.29 is 9.90 Å². The standard InChI is InChI=1S/C17H19NO3/c1-11-5-4-6-12(2)17(11)18-10-14(7-8-16(20)21)15(19)9-13(18)3/h4-6,9-10H,7-8H2,1-3H3,(H,20,21). The van der Waals surface area contributed by atoms with E-state index in [1.165, 1.54) is 0 Å². The molecule has 2 aromatic rings. The van der Waals surface area contributed by atoms with Gasteiger partial charge in [0.15, 0.2) is 5.43 Å². The summed E-state index contributed by atoms with van der Waals surface area (Å²) in [7, 11) is 0. The Morgan fingerprint density at radius 1 is 1.19 bits per heavy atom. The lowest BCUT2D eigenvalue weighted by molar-refractivity contribution is -0.136. The number of aliphatic carboxylic acids is 1. The summed E-state index contributed by atoms with van der Waals surface area (Å²) in [6.07, 6.45) is 1.99. The van der Waals surface area contributed by atoms with E-state index in [0.717, 1.165) is 22.5 Å². The van der Waals surface area contributed by atoms with E-state index < -0.39 is 5.97 Å². The van der Waals surface area contributed by atoms with Gasteiger partial charge in [-0.15, -0.1) is 0 Å². The summed E-state index contributed by atoms with van der Waals surface area (Å²) >= 11 is 0. The molecular weight excluding hydrogens is 266 g/mol. The first kappa shape index (κ1) is 15.0. The summed E-state index contributed by atoms with van der Waals surface area (Å²) in [5.41, 5.74) is 4.56. The first-order chi connectivity index (χ1) is 9.90.